The highest BCUT2D eigenvalue weighted by molar-refractivity contribution is 6.09. The van der Waals surface area contributed by atoms with E-state index >= 15 is 0 Å². The fraction of sp³-hybridized carbons (Fsp3) is 0.333. The van der Waals surface area contributed by atoms with Crippen LogP contribution in [0, 0.1) is 6.92 Å². The Balaban J connectivity index is 1.66. The van der Waals surface area contributed by atoms with Crippen molar-refractivity contribution in [2.24, 2.45) is 0 Å². The van der Waals surface area contributed by atoms with Gasteiger partial charge in [0.15, 0.2) is 0 Å². The summed E-state index contributed by atoms with van der Waals surface area (Å²) < 4.78 is 5.43. The first-order chi connectivity index (χ1) is 13.8. The number of carbonyl (C=O) groups is 3. The van der Waals surface area contributed by atoms with E-state index in [0.717, 1.165) is 10.5 Å². The minimum absolute atomic E-state index is 0.181. The van der Waals surface area contributed by atoms with E-state index in [0.29, 0.717) is 23.6 Å². The number of ether oxygens (including phenoxy) is 1. The minimum atomic E-state index is -1.20. The standard InChI is InChI=1S/C21H24N4O4/c1-4-29-18-15(6-5-11-22-18)12-23-17(26)13-25-19(27)21(3,24-20(25)28)16-9-7-14(2)8-10-16/h5-11H,4,12-13H2,1-3H3,(H,23,26)(H,24,28)/t21-/m1/s1. The van der Waals surface area contributed by atoms with Crippen molar-refractivity contribution in [3.8, 4) is 5.88 Å². The zero-order valence-electron chi connectivity index (χ0n) is 16.7. The molecule has 0 bridgehead atoms. The summed E-state index contributed by atoms with van der Waals surface area (Å²) in [5.41, 5.74) is 1.23. The molecule has 0 unspecified atom stereocenters. The maximum atomic E-state index is 12.9. The molecule has 2 N–H and O–H groups in total. The number of aryl methyl sites for hydroxylation is 1. The predicted octanol–water partition coefficient (Wildman–Crippen LogP) is 1.87. The molecule has 1 saturated heterocycles. The molecule has 152 valence electrons. The summed E-state index contributed by atoms with van der Waals surface area (Å²) >= 11 is 0. The summed E-state index contributed by atoms with van der Waals surface area (Å²) in [7, 11) is 0. The summed E-state index contributed by atoms with van der Waals surface area (Å²) in [5.74, 6) is -0.469. The van der Waals surface area contributed by atoms with Crippen LogP contribution < -0.4 is 15.4 Å². The molecule has 1 aromatic heterocycles. The number of nitrogens with zero attached hydrogens (tertiary/aromatic N) is 2. The first kappa shape index (κ1) is 20.3. The second-order valence-electron chi connectivity index (χ2n) is 6.99. The molecule has 1 atom stereocenters. The van der Waals surface area contributed by atoms with Crippen LogP contribution in [0.4, 0.5) is 4.79 Å². The van der Waals surface area contributed by atoms with Crippen LogP contribution >= 0.6 is 0 Å². The molecular weight excluding hydrogens is 372 g/mol. The van der Waals surface area contributed by atoms with Gasteiger partial charge in [-0.1, -0.05) is 35.9 Å². The smallest absolute Gasteiger partial charge is 0.325 e. The van der Waals surface area contributed by atoms with Gasteiger partial charge in [0.2, 0.25) is 11.8 Å². The highest BCUT2D eigenvalue weighted by Crippen LogP contribution is 2.28. The average molecular weight is 396 g/mol. The van der Waals surface area contributed by atoms with E-state index in [1.54, 1.807) is 37.4 Å². The number of benzene rings is 1. The molecule has 1 aliphatic rings. The minimum Gasteiger partial charge on any atom is -0.478 e. The van der Waals surface area contributed by atoms with Crippen LogP contribution in [0.3, 0.4) is 0 Å². The normalized spacial score (nSPS) is 18.5. The molecule has 8 nitrogen and oxygen atoms in total. The first-order valence-corrected chi connectivity index (χ1v) is 9.39. The number of rotatable bonds is 7. The molecule has 0 spiro atoms. The Kier molecular flexibility index (Phi) is 5.81. The Labute approximate surface area is 169 Å². The van der Waals surface area contributed by atoms with Gasteiger partial charge in [0.1, 0.15) is 12.1 Å². The number of hydrogen-bond acceptors (Lipinski definition) is 5. The van der Waals surface area contributed by atoms with E-state index in [4.69, 9.17) is 4.74 Å². The van der Waals surface area contributed by atoms with Crippen molar-refractivity contribution >= 4 is 17.8 Å². The van der Waals surface area contributed by atoms with Gasteiger partial charge in [-0.15, -0.1) is 0 Å². The molecule has 1 aliphatic heterocycles. The predicted molar refractivity (Wildman–Crippen MR) is 106 cm³/mol. The van der Waals surface area contributed by atoms with Crippen LogP contribution in [-0.2, 0) is 21.7 Å². The van der Waals surface area contributed by atoms with E-state index in [1.165, 1.54) is 0 Å². The fourth-order valence-corrected chi connectivity index (χ4v) is 3.14. The van der Waals surface area contributed by atoms with Gasteiger partial charge in [-0.2, -0.15) is 0 Å². The quantitative estimate of drug-likeness (QED) is 0.696. The van der Waals surface area contributed by atoms with Crippen LogP contribution in [0.25, 0.3) is 0 Å². The molecule has 29 heavy (non-hydrogen) atoms. The summed E-state index contributed by atoms with van der Waals surface area (Å²) in [6.07, 6.45) is 1.61. The highest BCUT2D eigenvalue weighted by atomic mass is 16.5. The Morgan fingerprint density at radius 2 is 1.97 bits per heavy atom. The van der Waals surface area contributed by atoms with Crippen LogP contribution in [0.5, 0.6) is 5.88 Å². The third kappa shape index (κ3) is 4.21. The molecule has 4 amide bonds. The van der Waals surface area contributed by atoms with Crippen LogP contribution in [0.15, 0.2) is 42.6 Å². The van der Waals surface area contributed by atoms with Gasteiger partial charge in [-0.3, -0.25) is 14.5 Å². The third-order valence-corrected chi connectivity index (χ3v) is 4.81. The van der Waals surface area contributed by atoms with Gasteiger partial charge in [0.25, 0.3) is 5.91 Å². The Bertz CT molecular complexity index is 929. The van der Waals surface area contributed by atoms with E-state index in [9.17, 15) is 14.4 Å². The van der Waals surface area contributed by atoms with Gasteiger partial charge in [0.05, 0.1) is 6.61 Å². The average Bonchev–Trinajstić information content (AvgIpc) is 2.92. The lowest BCUT2D eigenvalue weighted by Gasteiger charge is -2.22. The first-order valence-electron chi connectivity index (χ1n) is 9.39. The maximum absolute atomic E-state index is 12.9. The monoisotopic (exact) mass is 396 g/mol. The second-order valence-corrected chi connectivity index (χ2v) is 6.99. The van der Waals surface area contributed by atoms with E-state index in [-0.39, 0.29) is 13.1 Å². The van der Waals surface area contributed by atoms with Gasteiger partial charge >= 0.3 is 6.03 Å². The molecule has 2 heterocycles. The SMILES string of the molecule is CCOc1ncccc1CNC(=O)CN1C(=O)N[C@](C)(c2ccc(C)cc2)C1=O. The summed E-state index contributed by atoms with van der Waals surface area (Å²) in [4.78, 5) is 42.7. The van der Waals surface area contributed by atoms with Crippen molar-refractivity contribution in [3.63, 3.8) is 0 Å². The number of imide groups is 1. The Hall–Kier alpha value is -3.42. The number of aromatic nitrogens is 1. The Morgan fingerprint density at radius 1 is 1.24 bits per heavy atom. The highest BCUT2D eigenvalue weighted by Gasteiger charge is 2.49. The van der Waals surface area contributed by atoms with E-state index in [1.807, 2.05) is 26.0 Å². The molecule has 8 heteroatoms. The Morgan fingerprint density at radius 3 is 2.66 bits per heavy atom. The lowest BCUT2D eigenvalue weighted by molar-refractivity contribution is -0.134. The molecular formula is C21H24N4O4. The number of amides is 4. The van der Waals surface area contributed by atoms with Crippen LogP contribution in [0.1, 0.15) is 30.5 Å². The molecule has 3 rings (SSSR count). The lowest BCUT2D eigenvalue weighted by Crippen LogP contribution is -2.43. The van der Waals surface area contributed by atoms with E-state index < -0.39 is 23.4 Å². The second kappa shape index (κ2) is 8.30. The third-order valence-electron chi connectivity index (χ3n) is 4.81. The zero-order valence-corrected chi connectivity index (χ0v) is 16.7. The molecule has 0 radical (unpaired) electrons. The molecule has 0 aliphatic carbocycles. The number of urea groups is 1. The van der Waals surface area contributed by atoms with Gasteiger partial charge < -0.3 is 15.4 Å². The lowest BCUT2D eigenvalue weighted by atomic mass is 9.91. The van der Waals surface area contributed by atoms with Crippen molar-refractivity contribution < 1.29 is 19.1 Å². The van der Waals surface area contributed by atoms with Crippen LogP contribution in [0.2, 0.25) is 0 Å². The summed E-state index contributed by atoms with van der Waals surface area (Å²) in [6.45, 7) is 5.70. The van der Waals surface area contributed by atoms with Crippen molar-refractivity contribution in [2.45, 2.75) is 32.9 Å². The van der Waals surface area contributed by atoms with E-state index in [2.05, 4.69) is 15.6 Å². The van der Waals surface area contributed by atoms with Crippen LogP contribution in [-0.4, -0.2) is 40.9 Å². The summed E-state index contributed by atoms with van der Waals surface area (Å²) in [6, 6.07) is 10.3. The number of hydrogen-bond donors (Lipinski definition) is 2. The molecule has 2 aromatic rings. The zero-order chi connectivity index (χ0) is 21.0. The van der Waals surface area contributed by atoms with Crippen molar-refractivity contribution in [3.05, 3.63) is 59.3 Å². The van der Waals surface area contributed by atoms with Gasteiger partial charge in [0, 0.05) is 18.3 Å². The van der Waals surface area contributed by atoms with Crippen molar-refractivity contribution in [1.82, 2.24) is 20.5 Å². The van der Waals surface area contributed by atoms with Gasteiger partial charge in [-0.25, -0.2) is 9.78 Å². The topological polar surface area (TPSA) is 101 Å². The number of nitrogens with one attached hydrogen (secondary N) is 2. The van der Waals surface area contributed by atoms with Crippen molar-refractivity contribution in [1.29, 1.82) is 0 Å². The fourth-order valence-electron chi connectivity index (χ4n) is 3.14. The largest absolute Gasteiger partial charge is 0.478 e. The maximum Gasteiger partial charge on any atom is 0.325 e. The number of pyridine rings is 1. The molecule has 0 saturated carbocycles. The van der Waals surface area contributed by atoms with Gasteiger partial charge in [-0.05, 0) is 32.4 Å². The molecule has 1 aromatic carbocycles. The molecule has 1 fully saturated rings. The number of carbonyl (C=O) groups excluding carboxylic acids is 3. The summed E-state index contributed by atoms with van der Waals surface area (Å²) in [5, 5.41) is 5.41. The van der Waals surface area contributed by atoms with Crippen molar-refractivity contribution in [2.75, 3.05) is 13.2 Å².